The second kappa shape index (κ2) is 13.2. The summed E-state index contributed by atoms with van der Waals surface area (Å²) in [5, 5.41) is 4.37. The number of halogens is 2. The van der Waals surface area contributed by atoms with Crippen molar-refractivity contribution in [2.24, 2.45) is 17.8 Å². The predicted octanol–water partition coefficient (Wildman–Crippen LogP) is 7.69. The zero-order valence-electron chi connectivity index (χ0n) is 26.1. The summed E-state index contributed by atoms with van der Waals surface area (Å²) in [4.78, 5) is 28.4. The van der Waals surface area contributed by atoms with Crippen molar-refractivity contribution >= 4 is 40.8 Å². The van der Waals surface area contributed by atoms with Crippen molar-refractivity contribution in [3.8, 4) is 11.5 Å². The second-order valence-electron chi connectivity index (χ2n) is 13.0. The fraction of sp³-hybridized carbons (Fsp3) is 0.444. The van der Waals surface area contributed by atoms with Gasteiger partial charge in [-0.15, -0.1) is 0 Å². The van der Waals surface area contributed by atoms with Gasteiger partial charge in [-0.2, -0.15) is 0 Å². The lowest BCUT2D eigenvalue weighted by Crippen LogP contribution is -2.46. The van der Waals surface area contributed by atoms with E-state index in [0.717, 1.165) is 35.1 Å². The minimum Gasteiger partial charge on any atom is -0.489 e. The van der Waals surface area contributed by atoms with Crippen molar-refractivity contribution in [1.82, 2.24) is 5.32 Å². The van der Waals surface area contributed by atoms with Gasteiger partial charge in [-0.05, 0) is 90.1 Å². The van der Waals surface area contributed by atoms with Crippen LogP contribution < -0.4 is 19.7 Å². The number of hydrogen-bond acceptors (Lipinski definition) is 6. The fourth-order valence-electron chi connectivity index (χ4n) is 6.76. The number of benzene rings is 3. The van der Waals surface area contributed by atoms with Crippen LogP contribution in [0.1, 0.15) is 68.4 Å². The molecule has 1 fully saturated rings. The van der Waals surface area contributed by atoms with Crippen molar-refractivity contribution in [3.63, 3.8) is 0 Å². The molecule has 7 nitrogen and oxygen atoms in total. The average Bonchev–Trinajstić information content (AvgIpc) is 3.02. The summed E-state index contributed by atoms with van der Waals surface area (Å²) in [6.07, 6.45) is 2.90. The van der Waals surface area contributed by atoms with Crippen LogP contribution in [-0.2, 0) is 33.9 Å². The maximum Gasteiger partial charge on any atom is 0.323 e. The Hall–Kier alpha value is -3.26. The van der Waals surface area contributed by atoms with E-state index >= 15 is 0 Å². The van der Waals surface area contributed by atoms with Crippen molar-refractivity contribution in [3.05, 3.63) is 86.9 Å². The predicted molar refractivity (Wildman–Crippen MR) is 176 cm³/mol. The molecule has 1 amide bonds. The Balaban J connectivity index is 1.12. The summed E-state index contributed by atoms with van der Waals surface area (Å²) < 4.78 is 18.4. The summed E-state index contributed by atoms with van der Waals surface area (Å²) in [6.45, 7) is 7.53. The van der Waals surface area contributed by atoms with Gasteiger partial charge >= 0.3 is 5.97 Å². The monoisotopic (exact) mass is 650 g/mol. The summed E-state index contributed by atoms with van der Waals surface area (Å²) >= 11 is 12.1. The number of esters is 1. The Bertz CT molecular complexity index is 1580. The van der Waals surface area contributed by atoms with Gasteiger partial charge in [0.25, 0.3) is 5.91 Å². The molecule has 0 unspecified atom stereocenters. The highest BCUT2D eigenvalue weighted by atomic mass is 35.5. The molecule has 0 aromatic heterocycles. The second-order valence-corrected chi connectivity index (χ2v) is 13.8. The van der Waals surface area contributed by atoms with E-state index in [1.165, 1.54) is 6.42 Å². The zero-order chi connectivity index (χ0) is 31.8. The van der Waals surface area contributed by atoms with Crippen LogP contribution >= 0.6 is 23.2 Å². The molecule has 238 valence electrons. The lowest BCUT2D eigenvalue weighted by Gasteiger charge is -2.38. The molecule has 3 aliphatic rings. The third-order valence-corrected chi connectivity index (χ3v) is 10.2. The number of carbonyl (C=O) groups is 2. The Labute approximate surface area is 275 Å². The first-order valence-electron chi connectivity index (χ1n) is 15.8. The Kier molecular flexibility index (Phi) is 9.32. The lowest BCUT2D eigenvalue weighted by atomic mass is 9.75. The topological polar surface area (TPSA) is 77.1 Å². The SMILES string of the molecule is CC(C)[C@@H]1CC[C@@H](C)C[C@H]1OC(=O)[C@@H]1Cc2cc3c(cc2CN1)O[C@H](c1ccc(OCc2ccc(Cl)c(Cl)c2)cc1)C(=O)N3C. The van der Waals surface area contributed by atoms with Gasteiger partial charge in [-0.3, -0.25) is 9.59 Å². The fourth-order valence-corrected chi connectivity index (χ4v) is 7.08. The van der Waals surface area contributed by atoms with Gasteiger partial charge in [-0.25, -0.2) is 0 Å². The van der Waals surface area contributed by atoms with E-state index in [-0.39, 0.29) is 18.0 Å². The smallest absolute Gasteiger partial charge is 0.323 e. The Morgan fingerprint density at radius 3 is 2.56 bits per heavy atom. The van der Waals surface area contributed by atoms with E-state index in [4.69, 9.17) is 37.4 Å². The van der Waals surface area contributed by atoms with Gasteiger partial charge in [-0.1, -0.05) is 68.6 Å². The molecule has 2 heterocycles. The number of amides is 1. The molecular weight excluding hydrogens is 611 g/mol. The lowest BCUT2D eigenvalue weighted by molar-refractivity contribution is -0.158. The normalized spacial score (nSPS) is 24.5. The molecular formula is C36H40Cl2N2O5. The highest BCUT2D eigenvalue weighted by molar-refractivity contribution is 6.42. The highest BCUT2D eigenvalue weighted by Gasteiger charge is 2.38. The van der Waals surface area contributed by atoms with Crippen molar-refractivity contribution in [2.45, 2.75) is 77.9 Å². The van der Waals surface area contributed by atoms with E-state index in [0.29, 0.717) is 64.6 Å². The van der Waals surface area contributed by atoms with Crippen molar-refractivity contribution < 1.29 is 23.8 Å². The molecule has 0 bridgehead atoms. The molecule has 0 spiro atoms. The quantitative estimate of drug-likeness (QED) is 0.264. The standard InChI is InChI=1S/C36H40Cl2N2O5/c1-20(2)27-11-5-21(3)13-32(27)45-36(42)30-15-24-16-31-33(17-25(24)18-39-30)44-34(35(41)40(31)4)23-7-9-26(10-8-23)43-19-22-6-12-28(37)29(38)14-22/h6-10,12,14,16-17,20-21,27,30,32,34,39H,5,11,13,15,18-19H2,1-4H3/t21-,27+,30+,32-,34-/m1/s1. The highest BCUT2D eigenvalue weighted by Crippen LogP contribution is 2.42. The first-order chi connectivity index (χ1) is 21.6. The number of ether oxygens (including phenoxy) is 3. The van der Waals surface area contributed by atoms with Crippen LogP contribution in [0.3, 0.4) is 0 Å². The van der Waals surface area contributed by atoms with Crippen molar-refractivity contribution in [1.29, 1.82) is 0 Å². The van der Waals surface area contributed by atoms with Crippen molar-refractivity contribution in [2.75, 3.05) is 11.9 Å². The number of likely N-dealkylation sites (N-methyl/N-ethyl adjacent to an activating group) is 1. The molecule has 1 N–H and O–H groups in total. The summed E-state index contributed by atoms with van der Waals surface area (Å²) in [5.74, 6) is 2.39. The minimum absolute atomic E-state index is 0.0368. The molecule has 3 aromatic rings. The van der Waals surface area contributed by atoms with Gasteiger partial charge < -0.3 is 24.4 Å². The third kappa shape index (κ3) is 6.81. The maximum absolute atomic E-state index is 13.5. The number of anilines is 1. The number of nitrogens with one attached hydrogen (secondary N) is 1. The van der Waals surface area contributed by atoms with Gasteiger partial charge in [0.05, 0.1) is 15.7 Å². The molecule has 0 saturated heterocycles. The molecule has 9 heteroatoms. The number of fused-ring (bicyclic) bond motifs is 2. The Morgan fingerprint density at radius 2 is 1.82 bits per heavy atom. The van der Waals surface area contributed by atoms with E-state index in [9.17, 15) is 9.59 Å². The van der Waals surface area contributed by atoms with Crippen LogP contribution in [0.25, 0.3) is 0 Å². The first-order valence-corrected chi connectivity index (χ1v) is 16.5. The molecule has 3 aromatic carbocycles. The zero-order valence-corrected chi connectivity index (χ0v) is 27.7. The molecule has 1 saturated carbocycles. The van der Waals surface area contributed by atoms with Gasteiger partial charge in [0, 0.05) is 19.2 Å². The molecule has 0 radical (unpaired) electrons. The van der Waals surface area contributed by atoms with Crippen LogP contribution in [0.5, 0.6) is 11.5 Å². The van der Waals surface area contributed by atoms with Crippen LogP contribution in [0.4, 0.5) is 5.69 Å². The van der Waals surface area contributed by atoms with E-state index in [1.807, 2.05) is 42.5 Å². The third-order valence-electron chi connectivity index (χ3n) is 9.49. The number of rotatable bonds is 7. The summed E-state index contributed by atoms with van der Waals surface area (Å²) in [6, 6.07) is 16.3. The van der Waals surface area contributed by atoms with Gasteiger partial charge in [0.1, 0.15) is 30.3 Å². The average molecular weight is 652 g/mol. The van der Waals surface area contributed by atoms with E-state index in [2.05, 4.69) is 26.1 Å². The van der Waals surface area contributed by atoms with Crippen LogP contribution in [0, 0.1) is 17.8 Å². The molecule has 2 aliphatic heterocycles. The first kappa shape index (κ1) is 31.7. The van der Waals surface area contributed by atoms with Gasteiger partial charge in [0.15, 0.2) is 0 Å². The van der Waals surface area contributed by atoms with Crippen LogP contribution in [0.2, 0.25) is 10.0 Å². The molecule has 5 atom stereocenters. The van der Waals surface area contributed by atoms with E-state index in [1.54, 1.807) is 24.1 Å². The molecule has 1 aliphatic carbocycles. The van der Waals surface area contributed by atoms with Gasteiger partial charge in [0.2, 0.25) is 6.10 Å². The maximum atomic E-state index is 13.5. The van der Waals surface area contributed by atoms with Crippen LogP contribution in [-0.4, -0.2) is 31.1 Å². The number of carbonyl (C=O) groups excluding carboxylic acids is 2. The number of hydrogen-bond donors (Lipinski definition) is 1. The largest absolute Gasteiger partial charge is 0.489 e. The van der Waals surface area contributed by atoms with Crippen LogP contribution in [0.15, 0.2) is 54.6 Å². The molecule has 45 heavy (non-hydrogen) atoms. The van der Waals surface area contributed by atoms with E-state index < -0.39 is 12.1 Å². The number of nitrogens with zero attached hydrogens (tertiary/aromatic N) is 1. The minimum atomic E-state index is -0.782. The molecule has 6 rings (SSSR count). The Morgan fingerprint density at radius 1 is 1.04 bits per heavy atom. The summed E-state index contributed by atoms with van der Waals surface area (Å²) in [5.41, 5.74) is 4.41. The summed E-state index contributed by atoms with van der Waals surface area (Å²) in [7, 11) is 1.76.